The second kappa shape index (κ2) is 5.29. The zero-order valence-corrected chi connectivity index (χ0v) is 9.28. The van der Waals surface area contributed by atoms with Crippen LogP contribution in [0.4, 0.5) is 0 Å². The Labute approximate surface area is 91.6 Å². The Morgan fingerprint density at radius 2 is 2.13 bits per heavy atom. The van der Waals surface area contributed by atoms with Crippen LogP contribution in [0.2, 0.25) is 0 Å². The summed E-state index contributed by atoms with van der Waals surface area (Å²) in [6.07, 6.45) is 3.53. The van der Waals surface area contributed by atoms with Crippen molar-refractivity contribution >= 4 is 0 Å². The van der Waals surface area contributed by atoms with Crippen molar-refractivity contribution in [3.63, 3.8) is 0 Å². The number of ether oxygens (including phenoxy) is 1. The summed E-state index contributed by atoms with van der Waals surface area (Å²) in [4.78, 5) is 0. The van der Waals surface area contributed by atoms with E-state index in [0.717, 1.165) is 25.9 Å². The molecule has 0 bridgehead atoms. The van der Waals surface area contributed by atoms with Crippen molar-refractivity contribution in [1.82, 2.24) is 5.32 Å². The molecule has 0 radical (unpaired) electrons. The van der Waals surface area contributed by atoms with Gasteiger partial charge >= 0.3 is 0 Å². The van der Waals surface area contributed by atoms with E-state index >= 15 is 0 Å². The molecule has 1 fully saturated rings. The summed E-state index contributed by atoms with van der Waals surface area (Å²) in [6.45, 7) is 3.05. The lowest BCUT2D eigenvalue weighted by atomic mass is 10.0. The van der Waals surface area contributed by atoms with E-state index in [1.807, 2.05) is 0 Å². The molecule has 82 valence electrons. The van der Waals surface area contributed by atoms with E-state index in [-0.39, 0.29) is 6.23 Å². The van der Waals surface area contributed by atoms with Gasteiger partial charge in [0.1, 0.15) is 6.23 Å². The number of rotatable bonds is 3. The van der Waals surface area contributed by atoms with Gasteiger partial charge in [-0.2, -0.15) is 0 Å². The minimum absolute atomic E-state index is 0.257. The van der Waals surface area contributed by atoms with E-state index in [4.69, 9.17) is 4.74 Å². The van der Waals surface area contributed by atoms with Gasteiger partial charge in [-0.25, -0.2) is 0 Å². The molecule has 1 heterocycles. The van der Waals surface area contributed by atoms with Crippen molar-refractivity contribution in [1.29, 1.82) is 0 Å². The highest BCUT2D eigenvalue weighted by Crippen LogP contribution is 2.12. The molecule has 0 saturated carbocycles. The smallest absolute Gasteiger partial charge is 0.108 e. The molecule has 0 amide bonds. The summed E-state index contributed by atoms with van der Waals surface area (Å²) in [7, 11) is 0. The van der Waals surface area contributed by atoms with Gasteiger partial charge in [0.25, 0.3) is 0 Å². The molecular weight excluding hydrogens is 186 g/mol. The molecule has 1 aliphatic heterocycles. The molecule has 1 aromatic carbocycles. The van der Waals surface area contributed by atoms with Crippen LogP contribution in [0, 0.1) is 0 Å². The van der Waals surface area contributed by atoms with Gasteiger partial charge in [0.15, 0.2) is 0 Å². The molecule has 0 aromatic heterocycles. The maximum Gasteiger partial charge on any atom is 0.108 e. The standard InChI is InChI=1S/C13H19NO/c1-2-13-14-12(8-9-15-13)10-11-6-4-3-5-7-11/h3-7,12-14H,2,8-10H2,1H3. The fourth-order valence-corrected chi connectivity index (χ4v) is 2.04. The van der Waals surface area contributed by atoms with E-state index in [1.54, 1.807) is 0 Å². The summed E-state index contributed by atoms with van der Waals surface area (Å²) < 4.78 is 5.58. The summed E-state index contributed by atoms with van der Waals surface area (Å²) in [6, 6.07) is 11.2. The molecule has 1 saturated heterocycles. The van der Waals surface area contributed by atoms with Crippen molar-refractivity contribution in [3.8, 4) is 0 Å². The first kappa shape index (κ1) is 10.7. The van der Waals surface area contributed by atoms with Crippen LogP contribution in [0.25, 0.3) is 0 Å². The third-order valence-corrected chi connectivity index (χ3v) is 2.90. The first-order valence-corrected chi connectivity index (χ1v) is 5.80. The van der Waals surface area contributed by atoms with E-state index in [1.165, 1.54) is 5.56 Å². The number of benzene rings is 1. The van der Waals surface area contributed by atoms with Crippen LogP contribution in [0.3, 0.4) is 0 Å². The number of hydrogen-bond donors (Lipinski definition) is 1. The predicted molar refractivity (Wildman–Crippen MR) is 61.7 cm³/mol. The molecule has 1 N–H and O–H groups in total. The third kappa shape index (κ3) is 3.05. The summed E-state index contributed by atoms with van der Waals surface area (Å²) in [5.41, 5.74) is 1.41. The SMILES string of the molecule is CCC1NC(Cc2ccccc2)CCO1. The maximum absolute atomic E-state index is 5.58. The molecule has 2 unspecified atom stereocenters. The highest BCUT2D eigenvalue weighted by atomic mass is 16.5. The zero-order valence-electron chi connectivity index (χ0n) is 9.28. The van der Waals surface area contributed by atoms with Crippen LogP contribution < -0.4 is 5.32 Å². The van der Waals surface area contributed by atoms with E-state index < -0.39 is 0 Å². The van der Waals surface area contributed by atoms with Crippen molar-refractivity contribution in [2.45, 2.75) is 38.5 Å². The molecular formula is C13H19NO. The van der Waals surface area contributed by atoms with Crippen molar-refractivity contribution < 1.29 is 4.74 Å². The van der Waals surface area contributed by atoms with E-state index in [2.05, 4.69) is 42.6 Å². The Morgan fingerprint density at radius 3 is 2.87 bits per heavy atom. The molecule has 15 heavy (non-hydrogen) atoms. The Balaban J connectivity index is 1.89. The van der Waals surface area contributed by atoms with E-state index in [9.17, 15) is 0 Å². The third-order valence-electron chi connectivity index (χ3n) is 2.90. The van der Waals surface area contributed by atoms with Crippen LogP contribution in [0.15, 0.2) is 30.3 Å². The second-order valence-corrected chi connectivity index (χ2v) is 4.11. The van der Waals surface area contributed by atoms with Gasteiger partial charge in [-0.15, -0.1) is 0 Å². The molecule has 1 aromatic rings. The second-order valence-electron chi connectivity index (χ2n) is 4.11. The van der Waals surface area contributed by atoms with Gasteiger partial charge in [0.2, 0.25) is 0 Å². The minimum atomic E-state index is 0.257. The molecule has 2 nitrogen and oxygen atoms in total. The molecule has 2 rings (SSSR count). The molecule has 0 spiro atoms. The average molecular weight is 205 g/mol. The molecule has 0 aliphatic carbocycles. The van der Waals surface area contributed by atoms with Gasteiger partial charge in [-0.05, 0) is 24.8 Å². The fraction of sp³-hybridized carbons (Fsp3) is 0.538. The van der Waals surface area contributed by atoms with Gasteiger partial charge < -0.3 is 4.74 Å². The van der Waals surface area contributed by atoms with Crippen LogP contribution in [0.1, 0.15) is 25.3 Å². The quantitative estimate of drug-likeness (QED) is 0.818. The molecule has 2 heteroatoms. The van der Waals surface area contributed by atoms with Crippen LogP contribution in [0.5, 0.6) is 0 Å². The lowest BCUT2D eigenvalue weighted by Crippen LogP contribution is -2.46. The monoisotopic (exact) mass is 205 g/mol. The highest BCUT2D eigenvalue weighted by molar-refractivity contribution is 5.16. The molecule has 1 aliphatic rings. The number of hydrogen-bond acceptors (Lipinski definition) is 2. The van der Waals surface area contributed by atoms with Crippen LogP contribution in [-0.2, 0) is 11.2 Å². The van der Waals surface area contributed by atoms with Gasteiger partial charge in [0, 0.05) is 6.04 Å². The number of nitrogens with one attached hydrogen (secondary N) is 1. The van der Waals surface area contributed by atoms with Gasteiger partial charge in [0.05, 0.1) is 6.61 Å². The average Bonchev–Trinajstić information content (AvgIpc) is 2.31. The van der Waals surface area contributed by atoms with Crippen molar-refractivity contribution in [2.24, 2.45) is 0 Å². The Kier molecular flexibility index (Phi) is 3.75. The molecule has 2 atom stereocenters. The Hall–Kier alpha value is -0.860. The van der Waals surface area contributed by atoms with Gasteiger partial charge in [-0.1, -0.05) is 37.3 Å². The van der Waals surface area contributed by atoms with Crippen LogP contribution in [-0.4, -0.2) is 18.9 Å². The topological polar surface area (TPSA) is 21.3 Å². The summed E-state index contributed by atoms with van der Waals surface area (Å²) >= 11 is 0. The lowest BCUT2D eigenvalue weighted by Gasteiger charge is -2.30. The lowest BCUT2D eigenvalue weighted by molar-refractivity contribution is -0.0196. The Morgan fingerprint density at radius 1 is 1.33 bits per heavy atom. The zero-order chi connectivity index (χ0) is 10.5. The van der Waals surface area contributed by atoms with Crippen molar-refractivity contribution in [2.75, 3.05) is 6.61 Å². The summed E-state index contributed by atoms with van der Waals surface area (Å²) in [5, 5.41) is 3.53. The summed E-state index contributed by atoms with van der Waals surface area (Å²) in [5.74, 6) is 0. The van der Waals surface area contributed by atoms with Crippen LogP contribution >= 0.6 is 0 Å². The van der Waals surface area contributed by atoms with E-state index in [0.29, 0.717) is 6.04 Å². The normalized spacial score (nSPS) is 26.5. The largest absolute Gasteiger partial charge is 0.363 e. The highest BCUT2D eigenvalue weighted by Gasteiger charge is 2.19. The fourth-order valence-electron chi connectivity index (χ4n) is 2.04. The van der Waals surface area contributed by atoms with Gasteiger partial charge in [-0.3, -0.25) is 5.32 Å². The Bertz CT molecular complexity index is 286. The first-order chi connectivity index (χ1) is 7.38. The van der Waals surface area contributed by atoms with Crippen molar-refractivity contribution in [3.05, 3.63) is 35.9 Å². The first-order valence-electron chi connectivity index (χ1n) is 5.80. The maximum atomic E-state index is 5.58. The minimum Gasteiger partial charge on any atom is -0.363 e. The predicted octanol–water partition coefficient (Wildman–Crippen LogP) is 2.34.